The van der Waals surface area contributed by atoms with Crippen molar-refractivity contribution in [2.75, 3.05) is 46.8 Å². The number of rotatable bonds is 6. The van der Waals surface area contributed by atoms with E-state index in [9.17, 15) is 0 Å². The molecule has 1 N–H and O–H groups in total. The third-order valence-electron chi connectivity index (χ3n) is 3.36. The van der Waals surface area contributed by atoms with E-state index in [4.69, 9.17) is 0 Å². The number of likely N-dealkylation sites (tertiary alicyclic amines) is 1. The van der Waals surface area contributed by atoms with Gasteiger partial charge in [-0.25, -0.2) is 0 Å². The molecule has 0 radical (unpaired) electrons. The van der Waals surface area contributed by atoms with Crippen molar-refractivity contribution in [2.24, 2.45) is 0 Å². The summed E-state index contributed by atoms with van der Waals surface area (Å²) in [7, 11) is 4.37. The fourth-order valence-corrected chi connectivity index (χ4v) is 2.27. The molecule has 0 aromatic carbocycles. The van der Waals surface area contributed by atoms with Gasteiger partial charge in [-0.3, -0.25) is 4.90 Å². The number of piperidine rings is 1. The summed E-state index contributed by atoms with van der Waals surface area (Å²) in [5.41, 5.74) is 1.31. The minimum absolute atomic E-state index is 0.776. The van der Waals surface area contributed by atoms with E-state index in [-0.39, 0.29) is 0 Å². The molecule has 0 unspecified atom stereocenters. The molecule has 0 spiro atoms. The Labute approximate surface area is 100 Å². The highest BCUT2D eigenvalue weighted by Crippen LogP contribution is 2.14. The fourth-order valence-electron chi connectivity index (χ4n) is 2.27. The smallest absolute Gasteiger partial charge is 0.0202 e. The zero-order chi connectivity index (χ0) is 12.0. The zero-order valence-electron chi connectivity index (χ0n) is 11.1. The van der Waals surface area contributed by atoms with Crippen LogP contribution in [0.2, 0.25) is 0 Å². The third kappa shape index (κ3) is 4.64. The molecular weight excluding hydrogens is 198 g/mol. The Bertz CT molecular complexity index is 205. The molecule has 0 aliphatic carbocycles. The van der Waals surface area contributed by atoms with Gasteiger partial charge in [0.25, 0.3) is 0 Å². The lowest BCUT2D eigenvalue weighted by Crippen LogP contribution is -2.43. The molecule has 94 valence electrons. The van der Waals surface area contributed by atoms with Gasteiger partial charge in [-0.15, -0.1) is 0 Å². The Hall–Kier alpha value is -0.380. The maximum atomic E-state index is 4.13. The van der Waals surface area contributed by atoms with Crippen molar-refractivity contribution >= 4 is 0 Å². The summed E-state index contributed by atoms with van der Waals surface area (Å²) in [5.74, 6) is 0. The first kappa shape index (κ1) is 13.7. The number of nitrogens with zero attached hydrogens (tertiary/aromatic N) is 2. The first-order chi connectivity index (χ1) is 7.63. The van der Waals surface area contributed by atoms with Crippen LogP contribution in [-0.4, -0.2) is 62.7 Å². The second-order valence-electron chi connectivity index (χ2n) is 5.00. The van der Waals surface area contributed by atoms with Crippen molar-refractivity contribution in [1.29, 1.82) is 0 Å². The normalized spacial score (nSPS) is 19.2. The standard InChI is InChI=1S/C13H27N3/c1-5-14-10-12(2)11-16-8-6-13(7-9-16)15(3)4/h13-14H,2,5-11H2,1,3-4H3. The Morgan fingerprint density at radius 2 is 2.00 bits per heavy atom. The van der Waals surface area contributed by atoms with Crippen molar-refractivity contribution in [3.05, 3.63) is 12.2 Å². The largest absolute Gasteiger partial charge is 0.313 e. The highest BCUT2D eigenvalue weighted by atomic mass is 15.2. The van der Waals surface area contributed by atoms with Crippen LogP contribution in [0.15, 0.2) is 12.2 Å². The molecule has 0 atom stereocenters. The number of hydrogen-bond donors (Lipinski definition) is 1. The summed E-state index contributed by atoms with van der Waals surface area (Å²) < 4.78 is 0. The van der Waals surface area contributed by atoms with Crippen LogP contribution in [0.5, 0.6) is 0 Å². The number of nitrogens with one attached hydrogen (secondary N) is 1. The van der Waals surface area contributed by atoms with E-state index in [1.807, 2.05) is 0 Å². The second kappa shape index (κ2) is 7.05. The van der Waals surface area contributed by atoms with E-state index in [0.29, 0.717) is 0 Å². The van der Waals surface area contributed by atoms with Gasteiger partial charge in [0.05, 0.1) is 0 Å². The van der Waals surface area contributed by atoms with Gasteiger partial charge < -0.3 is 10.2 Å². The van der Waals surface area contributed by atoms with Crippen LogP contribution in [0.1, 0.15) is 19.8 Å². The van der Waals surface area contributed by atoms with Gasteiger partial charge in [0, 0.05) is 19.1 Å². The molecule has 1 fully saturated rings. The van der Waals surface area contributed by atoms with Crippen LogP contribution in [-0.2, 0) is 0 Å². The summed E-state index contributed by atoms with van der Waals surface area (Å²) in [6, 6.07) is 0.776. The average molecular weight is 225 g/mol. The van der Waals surface area contributed by atoms with Crippen LogP contribution >= 0.6 is 0 Å². The Kier molecular flexibility index (Phi) is 6.03. The van der Waals surface area contributed by atoms with Gasteiger partial charge in [-0.05, 0) is 52.1 Å². The van der Waals surface area contributed by atoms with Crippen molar-refractivity contribution in [2.45, 2.75) is 25.8 Å². The summed E-state index contributed by atoms with van der Waals surface area (Å²) in [6.07, 6.45) is 2.59. The average Bonchev–Trinajstić information content (AvgIpc) is 2.27. The molecule has 0 aromatic heterocycles. The van der Waals surface area contributed by atoms with Crippen molar-refractivity contribution in [3.63, 3.8) is 0 Å². The first-order valence-corrected chi connectivity index (χ1v) is 6.39. The number of hydrogen-bond acceptors (Lipinski definition) is 3. The van der Waals surface area contributed by atoms with Crippen LogP contribution in [0.25, 0.3) is 0 Å². The summed E-state index contributed by atoms with van der Waals surface area (Å²) in [4.78, 5) is 4.88. The minimum atomic E-state index is 0.776. The molecule has 1 aliphatic rings. The highest BCUT2D eigenvalue weighted by molar-refractivity contribution is 5.00. The van der Waals surface area contributed by atoms with Crippen molar-refractivity contribution in [1.82, 2.24) is 15.1 Å². The molecule has 1 heterocycles. The lowest BCUT2D eigenvalue weighted by Gasteiger charge is -2.35. The highest BCUT2D eigenvalue weighted by Gasteiger charge is 2.20. The van der Waals surface area contributed by atoms with Gasteiger partial charge in [-0.1, -0.05) is 13.5 Å². The maximum absolute atomic E-state index is 4.13. The Morgan fingerprint density at radius 1 is 1.38 bits per heavy atom. The molecule has 1 rings (SSSR count). The molecular formula is C13H27N3. The Balaban J connectivity index is 2.19. The maximum Gasteiger partial charge on any atom is 0.0202 e. The SMILES string of the molecule is C=C(CNCC)CN1CCC(N(C)C)CC1. The first-order valence-electron chi connectivity index (χ1n) is 6.39. The van der Waals surface area contributed by atoms with Crippen LogP contribution in [0, 0.1) is 0 Å². The summed E-state index contributed by atoms with van der Waals surface area (Å²) >= 11 is 0. The molecule has 3 heteroatoms. The van der Waals surface area contributed by atoms with E-state index < -0.39 is 0 Å². The minimum Gasteiger partial charge on any atom is -0.313 e. The van der Waals surface area contributed by atoms with Gasteiger partial charge in [0.15, 0.2) is 0 Å². The van der Waals surface area contributed by atoms with E-state index in [0.717, 1.165) is 25.7 Å². The lowest BCUT2D eigenvalue weighted by atomic mass is 10.0. The van der Waals surface area contributed by atoms with E-state index in [1.54, 1.807) is 0 Å². The Morgan fingerprint density at radius 3 is 2.50 bits per heavy atom. The summed E-state index contributed by atoms with van der Waals surface area (Å²) in [6.45, 7) is 11.7. The van der Waals surface area contributed by atoms with Gasteiger partial charge >= 0.3 is 0 Å². The molecule has 16 heavy (non-hydrogen) atoms. The lowest BCUT2D eigenvalue weighted by molar-refractivity contribution is 0.152. The number of likely N-dealkylation sites (N-methyl/N-ethyl adjacent to an activating group) is 1. The second-order valence-corrected chi connectivity index (χ2v) is 5.00. The quantitative estimate of drug-likeness (QED) is 0.685. The van der Waals surface area contributed by atoms with Gasteiger partial charge in [-0.2, -0.15) is 0 Å². The van der Waals surface area contributed by atoms with E-state index >= 15 is 0 Å². The van der Waals surface area contributed by atoms with Crippen molar-refractivity contribution < 1.29 is 0 Å². The van der Waals surface area contributed by atoms with E-state index in [2.05, 4.69) is 42.7 Å². The predicted octanol–water partition coefficient (Wildman–Crippen LogP) is 1.18. The molecule has 1 saturated heterocycles. The van der Waals surface area contributed by atoms with Crippen LogP contribution in [0.3, 0.4) is 0 Å². The van der Waals surface area contributed by atoms with E-state index in [1.165, 1.54) is 31.5 Å². The fraction of sp³-hybridized carbons (Fsp3) is 0.846. The van der Waals surface area contributed by atoms with Crippen LogP contribution < -0.4 is 5.32 Å². The summed E-state index contributed by atoms with van der Waals surface area (Å²) in [5, 5.41) is 3.33. The molecule has 0 saturated carbocycles. The molecule has 3 nitrogen and oxygen atoms in total. The zero-order valence-corrected chi connectivity index (χ0v) is 11.1. The van der Waals surface area contributed by atoms with Crippen molar-refractivity contribution in [3.8, 4) is 0 Å². The molecule has 1 aliphatic heterocycles. The van der Waals surface area contributed by atoms with Gasteiger partial charge in [0.2, 0.25) is 0 Å². The predicted molar refractivity (Wildman–Crippen MR) is 70.8 cm³/mol. The van der Waals surface area contributed by atoms with Crippen LogP contribution in [0.4, 0.5) is 0 Å². The third-order valence-corrected chi connectivity index (χ3v) is 3.36. The molecule has 0 amide bonds. The van der Waals surface area contributed by atoms with Gasteiger partial charge in [0.1, 0.15) is 0 Å². The molecule has 0 aromatic rings. The monoisotopic (exact) mass is 225 g/mol. The topological polar surface area (TPSA) is 18.5 Å². The molecule has 0 bridgehead atoms.